The highest BCUT2D eigenvalue weighted by Crippen LogP contribution is 2.32. The van der Waals surface area contributed by atoms with Gasteiger partial charge in [-0.3, -0.25) is 4.40 Å². The lowest BCUT2D eigenvalue weighted by molar-refractivity contribution is 1.01. The quantitative estimate of drug-likeness (QED) is 0.440. The van der Waals surface area contributed by atoms with E-state index in [1.807, 2.05) is 47.7 Å². The third-order valence-corrected chi connectivity index (χ3v) is 5.64. The van der Waals surface area contributed by atoms with E-state index in [9.17, 15) is 5.26 Å². The maximum atomic E-state index is 9.77. The second-order valence-electron chi connectivity index (χ2n) is 6.64. The van der Waals surface area contributed by atoms with E-state index in [1.54, 1.807) is 6.07 Å². The molecule has 1 N–H and O–H groups in total. The molecule has 0 aliphatic rings. The minimum Gasteiger partial charge on any atom is -0.367 e. The highest BCUT2D eigenvalue weighted by Gasteiger charge is 2.19. The van der Waals surface area contributed by atoms with Gasteiger partial charge in [0.25, 0.3) is 0 Å². The zero-order valence-electron chi connectivity index (χ0n) is 15.6. The number of benzene rings is 2. The summed E-state index contributed by atoms with van der Waals surface area (Å²) in [5, 5.41) is 14.5. The predicted octanol–water partition coefficient (Wildman–Crippen LogP) is 6.15. The maximum absolute atomic E-state index is 9.77. The highest BCUT2D eigenvalue weighted by atomic mass is 35.5. The number of anilines is 1. The van der Waals surface area contributed by atoms with E-state index in [1.165, 1.54) is 0 Å². The van der Waals surface area contributed by atoms with Crippen molar-refractivity contribution < 1.29 is 0 Å². The number of aromatic nitrogens is 2. The number of nitriles is 1. The third-order valence-electron chi connectivity index (χ3n) is 5.05. The number of halogens is 2. The molecule has 4 nitrogen and oxygen atoms in total. The zero-order chi connectivity index (χ0) is 19.8. The maximum Gasteiger partial charge on any atom is 0.157 e. The van der Waals surface area contributed by atoms with Crippen LogP contribution in [0.15, 0.2) is 42.5 Å². The van der Waals surface area contributed by atoms with Crippen molar-refractivity contribution in [2.75, 3.05) is 5.32 Å². The molecule has 0 saturated heterocycles. The molecule has 0 radical (unpaired) electrons. The van der Waals surface area contributed by atoms with Crippen LogP contribution < -0.4 is 5.32 Å². The van der Waals surface area contributed by atoms with Crippen LogP contribution in [0.2, 0.25) is 10.0 Å². The van der Waals surface area contributed by atoms with Crippen LogP contribution in [0.1, 0.15) is 29.2 Å². The summed E-state index contributed by atoms with van der Waals surface area (Å²) >= 11 is 12.4. The van der Waals surface area contributed by atoms with Gasteiger partial charge >= 0.3 is 0 Å². The average Bonchev–Trinajstić information content (AvgIpc) is 3.06. The first-order valence-electron chi connectivity index (χ1n) is 9.05. The number of hydrogen-bond donors (Lipinski definition) is 1. The fourth-order valence-electron chi connectivity index (χ4n) is 3.65. The molecule has 0 amide bonds. The van der Waals surface area contributed by atoms with Crippen molar-refractivity contribution in [2.24, 2.45) is 0 Å². The Kier molecular flexibility index (Phi) is 4.89. The van der Waals surface area contributed by atoms with Gasteiger partial charge in [-0.15, -0.1) is 0 Å². The van der Waals surface area contributed by atoms with E-state index in [0.717, 1.165) is 40.0 Å². The summed E-state index contributed by atoms with van der Waals surface area (Å²) < 4.78 is 2.05. The van der Waals surface area contributed by atoms with Crippen molar-refractivity contribution in [2.45, 2.75) is 26.8 Å². The minimum atomic E-state index is 0.538. The van der Waals surface area contributed by atoms with Gasteiger partial charge < -0.3 is 5.32 Å². The smallest absolute Gasteiger partial charge is 0.157 e. The summed E-state index contributed by atoms with van der Waals surface area (Å²) in [6.07, 6.45) is 0.791. The van der Waals surface area contributed by atoms with Gasteiger partial charge in [-0.2, -0.15) is 5.26 Å². The molecule has 0 bridgehead atoms. The van der Waals surface area contributed by atoms with Crippen LogP contribution in [-0.4, -0.2) is 9.38 Å². The molecule has 0 spiro atoms. The lowest BCUT2D eigenvalue weighted by atomic mass is 10.0. The monoisotopic (exact) mass is 408 g/mol. The predicted molar refractivity (Wildman–Crippen MR) is 115 cm³/mol. The molecule has 0 aliphatic carbocycles. The molecule has 140 valence electrons. The normalized spacial score (nSPS) is 11.1. The standard InChI is InChI=1S/C22H18Cl2N4/c1-3-16-13(2)17(11-25)22-27-19-6-4-5-7-20(19)28(22)21(16)26-12-14-8-9-15(23)10-18(14)24/h4-10,26H,3,12H2,1-2H3. The molecular weight excluding hydrogens is 391 g/mol. The van der Waals surface area contributed by atoms with Gasteiger partial charge in [-0.25, -0.2) is 4.98 Å². The van der Waals surface area contributed by atoms with Gasteiger partial charge in [0.2, 0.25) is 0 Å². The van der Waals surface area contributed by atoms with Crippen LogP contribution in [0.3, 0.4) is 0 Å². The van der Waals surface area contributed by atoms with E-state index in [-0.39, 0.29) is 0 Å². The highest BCUT2D eigenvalue weighted by molar-refractivity contribution is 6.35. The van der Waals surface area contributed by atoms with E-state index in [2.05, 4.69) is 18.3 Å². The molecule has 2 heterocycles. The molecule has 6 heteroatoms. The first kappa shape index (κ1) is 18.6. The van der Waals surface area contributed by atoms with Crippen molar-refractivity contribution in [3.8, 4) is 6.07 Å². The number of pyridine rings is 1. The van der Waals surface area contributed by atoms with Gasteiger partial charge in [0.15, 0.2) is 5.65 Å². The molecule has 28 heavy (non-hydrogen) atoms. The first-order valence-corrected chi connectivity index (χ1v) is 9.81. The Labute approximate surface area is 173 Å². The summed E-state index contributed by atoms with van der Waals surface area (Å²) in [4.78, 5) is 4.72. The molecule has 0 saturated carbocycles. The lowest BCUT2D eigenvalue weighted by Gasteiger charge is -2.18. The Hall–Kier alpha value is -2.74. The molecule has 4 aromatic rings. The second kappa shape index (κ2) is 7.35. The summed E-state index contributed by atoms with van der Waals surface area (Å²) in [5.74, 6) is 0.939. The Morgan fingerprint density at radius 1 is 1.18 bits per heavy atom. The lowest BCUT2D eigenvalue weighted by Crippen LogP contribution is -2.11. The van der Waals surface area contributed by atoms with Gasteiger partial charge in [0.1, 0.15) is 11.9 Å². The Balaban J connectivity index is 1.94. The van der Waals surface area contributed by atoms with E-state index in [4.69, 9.17) is 28.2 Å². The van der Waals surface area contributed by atoms with Crippen molar-refractivity contribution >= 4 is 45.7 Å². The number of nitrogens with one attached hydrogen (secondary N) is 1. The fraction of sp³-hybridized carbons (Fsp3) is 0.182. The number of imidazole rings is 1. The van der Waals surface area contributed by atoms with E-state index >= 15 is 0 Å². The third kappa shape index (κ3) is 2.97. The molecule has 2 aromatic carbocycles. The van der Waals surface area contributed by atoms with Crippen LogP contribution in [0.4, 0.5) is 5.82 Å². The van der Waals surface area contributed by atoms with Gasteiger partial charge in [0.05, 0.1) is 16.6 Å². The number of hydrogen-bond acceptors (Lipinski definition) is 3. The zero-order valence-corrected chi connectivity index (χ0v) is 17.1. The molecule has 0 unspecified atom stereocenters. The number of nitrogens with zero attached hydrogens (tertiary/aromatic N) is 3. The van der Waals surface area contributed by atoms with Crippen molar-refractivity contribution in [1.82, 2.24) is 9.38 Å². The minimum absolute atomic E-state index is 0.538. The Morgan fingerprint density at radius 2 is 1.96 bits per heavy atom. The van der Waals surface area contributed by atoms with Gasteiger partial charge in [0, 0.05) is 16.6 Å². The SMILES string of the molecule is CCc1c(C)c(C#N)c2nc3ccccc3n2c1NCc1ccc(Cl)cc1Cl. The molecule has 4 rings (SSSR count). The molecule has 0 fully saturated rings. The largest absolute Gasteiger partial charge is 0.367 e. The van der Waals surface area contributed by atoms with E-state index in [0.29, 0.717) is 27.8 Å². The van der Waals surface area contributed by atoms with Crippen LogP contribution in [0.25, 0.3) is 16.7 Å². The molecule has 2 aromatic heterocycles. The van der Waals surface area contributed by atoms with Crippen molar-refractivity contribution in [3.05, 3.63) is 74.8 Å². The summed E-state index contributed by atoms with van der Waals surface area (Å²) in [7, 11) is 0. The summed E-state index contributed by atoms with van der Waals surface area (Å²) in [5.41, 5.74) is 6.11. The molecule has 0 atom stereocenters. The Morgan fingerprint density at radius 3 is 2.68 bits per heavy atom. The van der Waals surface area contributed by atoms with Crippen LogP contribution in [-0.2, 0) is 13.0 Å². The second-order valence-corrected chi connectivity index (χ2v) is 7.48. The van der Waals surface area contributed by atoms with Crippen molar-refractivity contribution in [1.29, 1.82) is 5.26 Å². The van der Waals surface area contributed by atoms with Crippen molar-refractivity contribution in [3.63, 3.8) is 0 Å². The van der Waals surface area contributed by atoms with Gasteiger partial charge in [-0.1, -0.05) is 48.3 Å². The van der Waals surface area contributed by atoms with Crippen LogP contribution in [0, 0.1) is 18.3 Å². The Bertz CT molecular complexity index is 1250. The van der Waals surface area contributed by atoms with Crippen LogP contribution >= 0.6 is 23.2 Å². The van der Waals surface area contributed by atoms with Gasteiger partial charge in [-0.05, 0) is 54.3 Å². The molecule has 0 aliphatic heterocycles. The number of fused-ring (bicyclic) bond motifs is 3. The van der Waals surface area contributed by atoms with Crippen LogP contribution in [0.5, 0.6) is 0 Å². The first-order chi connectivity index (χ1) is 13.5. The number of rotatable bonds is 4. The number of para-hydroxylation sites is 2. The fourth-order valence-corrected chi connectivity index (χ4v) is 4.12. The summed E-state index contributed by atoms with van der Waals surface area (Å²) in [6, 6.07) is 15.8. The van der Waals surface area contributed by atoms with E-state index < -0.39 is 0 Å². The molecular formula is C22H18Cl2N4. The summed E-state index contributed by atoms with van der Waals surface area (Å²) in [6.45, 7) is 4.61. The topological polar surface area (TPSA) is 53.1 Å². The average molecular weight is 409 g/mol.